The highest BCUT2D eigenvalue weighted by Gasteiger charge is 2.15. The van der Waals surface area contributed by atoms with Crippen LogP contribution in [0.15, 0.2) is 5.16 Å². The van der Waals surface area contributed by atoms with Crippen LogP contribution in [-0.2, 0) is 0 Å². The molecular formula is C12H27N3O. The van der Waals surface area contributed by atoms with E-state index in [2.05, 4.69) is 37.8 Å². The van der Waals surface area contributed by atoms with Crippen molar-refractivity contribution in [1.29, 1.82) is 0 Å². The predicted octanol–water partition coefficient (Wildman–Crippen LogP) is 1.98. The number of nitrogens with two attached hydrogens (primary N) is 1. The average molecular weight is 229 g/mol. The van der Waals surface area contributed by atoms with Crippen molar-refractivity contribution in [2.24, 2.45) is 28.6 Å². The van der Waals surface area contributed by atoms with Crippen molar-refractivity contribution in [2.45, 2.75) is 34.6 Å². The Labute approximate surface area is 99.5 Å². The molecule has 0 radical (unpaired) electrons. The molecule has 0 rings (SSSR count). The third-order valence-corrected chi connectivity index (χ3v) is 2.40. The van der Waals surface area contributed by atoms with Crippen LogP contribution in [0.2, 0.25) is 0 Å². The van der Waals surface area contributed by atoms with E-state index >= 15 is 0 Å². The van der Waals surface area contributed by atoms with Crippen LogP contribution in [-0.4, -0.2) is 35.6 Å². The summed E-state index contributed by atoms with van der Waals surface area (Å²) < 4.78 is 0. The Morgan fingerprint density at radius 1 is 1.06 bits per heavy atom. The molecule has 96 valence electrons. The van der Waals surface area contributed by atoms with Gasteiger partial charge in [0.1, 0.15) is 5.84 Å². The summed E-state index contributed by atoms with van der Waals surface area (Å²) in [4.78, 5) is 2.39. The molecule has 0 aliphatic carbocycles. The Hall–Kier alpha value is -0.770. The maximum atomic E-state index is 8.63. The van der Waals surface area contributed by atoms with Crippen LogP contribution in [0.25, 0.3) is 0 Å². The fraction of sp³-hybridized carbons (Fsp3) is 0.917. The maximum absolute atomic E-state index is 8.63. The molecule has 16 heavy (non-hydrogen) atoms. The first-order chi connectivity index (χ1) is 7.36. The largest absolute Gasteiger partial charge is 0.409 e. The molecule has 3 N–H and O–H groups in total. The lowest BCUT2D eigenvalue weighted by Crippen LogP contribution is -2.38. The van der Waals surface area contributed by atoms with E-state index in [1.165, 1.54) is 0 Å². The van der Waals surface area contributed by atoms with E-state index in [1.807, 2.05) is 6.92 Å². The third-order valence-electron chi connectivity index (χ3n) is 2.40. The van der Waals surface area contributed by atoms with Crippen molar-refractivity contribution >= 4 is 5.84 Å². The van der Waals surface area contributed by atoms with E-state index in [9.17, 15) is 0 Å². The van der Waals surface area contributed by atoms with Gasteiger partial charge in [0.05, 0.1) is 0 Å². The number of oxime groups is 1. The highest BCUT2D eigenvalue weighted by atomic mass is 16.4. The summed E-state index contributed by atoms with van der Waals surface area (Å²) in [5.41, 5.74) is 5.60. The molecule has 0 aliphatic rings. The van der Waals surface area contributed by atoms with Gasteiger partial charge in [-0.1, -0.05) is 39.8 Å². The number of rotatable bonds is 7. The molecule has 1 atom stereocenters. The van der Waals surface area contributed by atoms with Gasteiger partial charge in [-0.2, -0.15) is 0 Å². The van der Waals surface area contributed by atoms with Gasteiger partial charge in [-0.25, -0.2) is 0 Å². The summed E-state index contributed by atoms with van der Waals surface area (Å²) in [6.45, 7) is 13.8. The molecule has 0 saturated heterocycles. The standard InChI is InChI=1S/C12H27N3O/c1-9(2)6-15(7-10(3)4)8-11(5)12(13)14-16/h9-11,16H,6-8H2,1-5H3,(H2,13,14). The molecule has 0 amide bonds. The summed E-state index contributed by atoms with van der Waals surface area (Å²) in [6, 6.07) is 0. The molecule has 0 aromatic heterocycles. The lowest BCUT2D eigenvalue weighted by molar-refractivity contribution is 0.206. The Kier molecular flexibility index (Phi) is 7.13. The van der Waals surface area contributed by atoms with Crippen LogP contribution in [0.1, 0.15) is 34.6 Å². The van der Waals surface area contributed by atoms with Gasteiger partial charge in [-0.3, -0.25) is 0 Å². The number of nitrogens with zero attached hydrogens (tertiary/aromatic N) is 2. The number of hydrogen-bond acceptors (Lipinski definition) is 3. The van der Waals surface area contributed by atoms with Gasteiger partial charge in [-0.15, -0.1) is 0 Å². The van der Waals surface area contributed by atoms with Crippen molar-refractivity contribution in [3.63, 3.8) is 0 Å². The summed E-state index contributed by atoms with van der Waals surface area (Å²) in [5.74, 6) is 1.69. The zero-order valence-corrected chi connectivity index (χ0v) is 11.3. The Morgan fingerprint density at radius 3 is 1.81 bits per heavy atom. The minimum absolute atomic E-state index is 0.0995. The van der Waals surface area contributed by atoms with E-state index in [0.29, 0.717) is 17.7 Å². The molecule has 0 heterocycles. The lowest BCUT2D eigenvalue weighted by atomic mass is 10.1. The molecule has 0 bridgehead atoms. The van der Waals surface area contributed by atoms with Gasteiger partial charge in [0.25, 0.3) is 0 Å². The van der Waals surface area contributed by atoms with Gasteiger partial charge in [-0.05, 0) is 11.8 Å². The van der Waals surface area contributed by atoms with Crippen molar-refractivity contribution in [1.82, 2.24) is 4.90 Å². The molecule has 4 heteroatoms. The van der Waals surface area contributed by atoms with Gasteiger partial charge in [0, 0.05) is 25.6 Å². The summed E-state index contributed by atoms with van der Waals surface area (Å²) in [6.07, 6.45) is 0. The molecule has 0 aliphatic heterocycles. The highest BCUT2D eigenvalue weighted by molar-refractivity contribution is 5.82. The van der Waals surface area contributed by atoms with Crippen molar-refractivity contribution in [2.75, 3.05) is 19.6 Å². The van der Waals surface area contributed by atoms with Crippen molar-refractivity contribution in [3.05, 3.63) is 0 Å². The van der Waals surface area contributed by atoms with E-state index in [-0.39, 0.29) is 5.92 Å². The fourth-order valence-electron chi connectivity index (χ4n) is 1.84. The Bertz CT molecular complexity index is 204. The van der Waals surface area contributed by atoms with Crippen LogP contribution in [0.3, 0.4) is 0 Å². The molecule has 0 aromatic carbocycles. The van der Waals surface area contributed by atoms with Crippen LogP contribution >= 0.6 is 0 Å². The van der Waals surface area contributed by atoms with Crippen LogP contribution in [0, 0.1) is 17.8 Å². The topological polar surface area (TPSA) is 61.8 Å². The monoisotopic (exact) mass is 229 g/mol. The van der Waals surface area contributed by atoms with Crippen LogP contribution in [0.4, 0.5) is 0 Å². The first-order valence-electron chi connectivity index (χ1n) is 6.06. The van der Waals surface area contributed by atoms with E-state index in [4.69, 9.17) is 10.9 Å². The Balaban J connectivity index is 4.29. The minimum atomic E-state index is 0.0995. The maximum Gasteiger partial charge on any atom is 0.143 e. The summed E-state index contributed by atoms with van der Waals surface area (Å²) >= 11 is 0. The molecule has 0 saturated carbocycles. The molecule has 4 nitrogen and oxygen atoms in total. The molecule has 0 aromatic rings. The zero-order chi connectivity index (χ0) is 12.7. The normalized spacial score (nSPS) is 15.1. The first-order valence-corrected chi connectivity index (χ1v) is 6.06. The van der Waals surface area contributed by atoms with Gasteiger partial charge < -0.3 is 15.8 Å². The molecule has 0 fully saturated rings. The second kappa shape index (κ2) is 7.49. The summed E-state index contributed by atoms with van der Waals surface area (Å²) in [7, 11) is 0. The fourth-order valence-corrected chi connectivity index (χ4v) is 1.84. The minimum Gasteiger partial charge on any atom is -0.409 e. The highest BCUT2D eigenvalue weighted by Crippen LogP contribution is 2.07. The molecule has 0 spiro atoms. The predicted molar refractivity (Wildman–Crippen MR) is 68.7 cm³/mol. The Morgan fingerprint density at radius 2 is 1.50 bits per heavy atom. The van der Waals surface area contributed by atoms with Crippen LogP contribution in [0.5, 0.6) is 0 Å². The summed E-state index contributed by atoms with van der Waals surface area (Å²) in [5, 5.41) is 11.7. The third kappa shape index (κ3) is 6.67. The zero-order valence-electron chi connectivity index (χ0n) is 11.3. The second-order valence-corrected chi connectivity index (χ2v) is 5.43. The lowest BCUT2D eigenvalue weighted by Gasteiger charge is -2.28. The van der Waals surface area contributed by atoms with E-state index < -0.39 is 0 Å². The van der Waals surface area contributed by atoms with E-state index in [0.717, 1.165) is 19.6 Å². The average Bonchev–Trinajstić information content (AvgIpc) is 2.14. The van der Waals surface area contributed by atoms with Crippen molar-refractivity contribution in [3.8, 4) is 0 Å². The molecular weight excluding hydrogens is 202 g/mol. The molecule has 1 unspecified atom stereocenters. The smallest absolute Gasteiger partial charge is 0.143 e. The quantitative estimate of drug-likeness (QED) is 0.304. The van der Waals surface area contributed by atoms with Gasteiger partial charge >= 0.3 is 0 Å². The number of hydrogen-bond donors (Lipinski definition) is 2. The van der Waals surface area contributed by atoms with Gasteiger partial charge in [0.15, 0.2) is 0 Å². The first kappa shape index (κ1) is 15.2. The SMILES string of the molecule is CC(C)CN(CC(C)C)CC(C)/C(N)=N/O. The van der Waals surface area contributed by atoms with E-state index in [1.54, 1.807) is 0 Å². The number of amidine groups is 1. The van der Waals surface area contributed by atoms with Crippen molar-refractivity contribution < 1.29 is 5.21 Å². The van der Waals surface area contributed by atoms with Crippen LogP contribution < -0.4 is 5.73 Å². The second-order valence-electron chi connectivity index (χ2n) is 5.43. The van der Waals surface area contributed by atoms with Gasteiger partial charge in [0.2, 0.25) is 0 Å².